The van der Waals surface area contributed by atoms with Crippen molar-refractivity contribution >= 4 is 34.9 Å². The maximum Gasteiger partial charge on any atom is 0.318 e. The van der Waals surface area contributed by atoms with Crippen LogP contribution in [0, 0.1) is 0 Å². The molecule has 2 heterocycles. The molecule has 0 saturated heterocycles. The van der Waals surface area contributed by atoms with Gasteiger partial charge in [-0.05, 0) is 68.0 Å². The Balaban J connectivity index is 1.73. The van der Waals surface area contributed by atoms with Gasteiger partial charge in [-0.25, -0.2) is 4.79 Å². The number of nitrogens with one attached hydrogen (secondary N) is 1. The largest absolute Gasteiger partial charge is 0.491 e. The van der Waals surface area contributed by atoms with Gasteiger partial charge in [0.15, 0.2) is 0 Å². The first kappa shape index (κ1) is 25.3. The molecule has 0 radical (unpaired) electrons. The van der Waals surface area contributed by atoms with Gasteiger partial charge < -0.3 is 24.6 Å². The van der Waals surface area contributed by atoms with E-state index in [-0.39, 0.29) is 30.6 Å². The molecular weight excluding hydrogens is 462 g/mol. The Bertz CT molecular complexity index is 919. The number of nitrogens with zero attached hydrogens (tertiary/aromatic N) is 2. The van der Waals surface area contributed by atoms with E-state index >= 15 is 0 Å². The van der Waals surface area contributed by atoms with Crippen molar-refractivity contribution in [3.8, 4) is 5.75 Å². The third-order valence-electron chi connectivity index (χ3n) is 5.44. The Morgan fingerprint density at radius 3 is 2.73 bits per heavy atom. The number of benzene rings is 1. The van der Waals surface area contributed by atoms with Gasteiger partial charge in [0.05, 0.1) is 6.04 Å². The summed E-state index contributed by atoms with van der Waals surface area (Å²) in [4.78, 5) is 30.8. The van der Waals surface area contributed by atoms with Gasteiger partial charge in [0.1, 0.15) is 18.9 Å². The second-order valence-electron chi connectivity index (χ2n) is 8.29. The number of hydrogen-bond acceptors (Lipinski definition) is 5. The maximum atomic E-state index is 13.4. The van der Waals surface area contributed by atoms with Crippen molar-refractivity contribution in [2.45, 2.75) is 38.8 Å². The zero-order chi connectivity index (χ0) is 23.8. The van der Waals surface area contributed by atoms with E-state index in [4.69, 9.17) is 21.1 Å². The number of fused-ring (bicyclic) bond motifs is 1. The normalized spacial score (nSPS) is 15.3. The predicted octanol–water partition coefficient (Wildman–Crippen LogP) is 4.36. The molecule has 3 rings (SSSR count). The summed E-state index contributed by atoms with van der Waals surface area (Å²) in [5, 5.41) is 5.59. The van der Waals surface area contributed by atoms with Crippen LogP contribution in [0.1, 0.15) is 36.8 Å². The highest BCUT2D eigenvalue weighted by molar-refractivity contribution is 7.10. The molecule has 33 heavy (non-hydrogen) atoms. The summed E-state index contributed by atoms with van der Waals surface area (Å²) in [7, 11) is 1.63. The van der Waals surface area contributed by atoms with Gasteiger partial charge in [-0.15, -0.1) is 11.3 Å². The van der Waals surface area contributed by atoms with Crippen LogP contribution in [-0.2, 0) is 16.0 Å². The monoisotopic (exact) mass is 493 g/mol. The van der Waals surface area contributed by atoms with E-state index in [9.17, 15) is 9.59 Å². The van der Waals surface area contributed by atoms with Crippen molar-refractivity contribution in [3.63, 3.8) is 0 Å². The summed E-state index contributed by atoms with van der Waals surface area (Å²) in [6.07, 6.45) is 1.46. The Kier molecular flexibility index (Phi) is 9.41. The molecule has 0 spiro atoms. The Hall–Kier alpha value is -2.29. The molecule has 3 amide bonds. The molecule has 1 aromatic carbocycles. The molecule has 1 aliphatic heterocycles. The van der Waals surface area contributed by atoms with E-state index in [0.29, 0.717) is 43.5 Å². The molecule has 0 saturated carbocycles. The van der Waals surface area contributed by atoms with Crippen LogP contribution in [0.3, 0.4) is 0 Å². The summed E-state index contributed by atoms with van der Waals surface area (Å²) in [6, 6.07) is 8.80. The molecule has 1 aliphatic rings. The summed E-state index contributed by atoms with van der Waals surface area (Å²) in [5.41, 5.74) is 1.12. The first-order valence-electron chi connectivity index (χ1n) is 11.2. The van der Waals surface area contributed by atoms with Crippen LogP contribution in [0.2, 0.25) is 5.02 Å². The molecule has 2 aromatic rings. The van der Waals surface area contributed by atoms with Gasteiger partial charge >= 0.3 is 6.03 Å². The van der Waals surface area contributed by atoms with Crippen LogP contribution < -0.4 is 10.1 Å². The molecule has 1 atom stereocenters. The van der Waals surface area contributed by atoms with Gasteiger partial charge in [0, 0.05) is 42.7 Å². The molecule has 0 fully saturated rings. The Labute approximate surface area is 204 Å². The smallest absolute Gasteiger partial charge is 0.318 e. The fraction of sp³-hybridized carbons (Fsp3) is 0.500. The van der Waals surface area contributed by atoms with Crippen molar-refractivity contribution in [1.29, 1.82) is 0 Å². The van der Waals surface area contributed by atoms with Gasteiger partial charge in [-0.2, -0.15) is 0 Å². The number of ether oxygens (including phenoxy) is 2. The third kappa shape index (κ3) is 7.09. The average Bonchev–Trinajstić information content (AvgIpc) is 3.26. The number of urea groups is 1. The van der Waals surface area contributed by atoms with Crippen molar-refractivity contribution in [3.05, 3.63) is 51.2 Å². The van der Waals surface area contributed by atoms with E-state index in [1.165, 1.54) is 4.88 Å². The highest BCUT2D eigenvalue weighted by atomic mass is 35.5. The first-order valence-corrected chi connectivity index (χ1v) is 12.4. The van der Waals surface area contributed by atoms with E-state index in [0.717, 1.165) is 12.0 Å². The van der Waals surface area contributed by atoms with Crippen LogP contribution >= 0.6 is 22.9 Å². The molecule has 180 valence electrons. The van der Waals surface area contributed by atoms with Gasteiger partial charge in [-0.1, -0.05) is 11.6 Å². The van der Waals surface area contributed by atoms with Crippen molar-refractivity contribution in [2.24, 2.45) is 0 Å². The number of carbonyl (C=O) groups excluding carboxylic acids is 2. The quantitative estimate of drug-likeness (QED) is 0.499. The summed E-state index contributed by atoms with van der Waals surface area (Å²) in [6.45, 7) is 5.72. The Morgan fingerprint density at radius 2 is 2.03 bits per heavy atom. The molecule has 1 N–H and O–H groups in total. The highest BCUT2D eigenvalue weighted by Gasteiger charge is 2.33. The minimum absolute atomic E-state index is 0.0126. The summed E-state index contributed by atoms with van der Waals surface area (Å²) in [5.74, 6) is 0.611. The highest BCUT2D eigenvalue weighted by Crippen LogP contribution is 2.34. The van der Waals surface area contributed by atoms with Crippen LogP contribution in [0.15, 0.2) is 35.7 Å². The summed E-state index contributed by atoms with van der Waals surface area (Å²) < 4.78 is 11.2. The second-order valence-corrected chi connectivity index (χ2v) is 9.73. The molecule has 0 unspecified atom stereocenters. The SMILES string of the molecule is COCCCN(CC(=O)N1CCc2sccc2[C@H]1COc1ccc(Cl)cc1)C(=O)NC(C)C. The van der Waals surface area contributed by atoms with Crippen molar-refractivity contribution in [2.75, 3.05) is 40.0 Å². The number of hydrogen-bond donors (Lipinski definition) is 1. The van der Waals surface area contributed by atoms with E-state index in [1.807, 2.05) is 30.9 Å². The fourth-order valence-corrected chi connectivity index (χ4v) is 4.88. The van der Waals surface area contributed by atoms with Gasteiger partial charge in [-0.3, -0.25) is 4.79 Å². The molecule has 0 aliphatic carbocycles. The lowest BCUT2D eigenvalue weighted by molar-refractivity contribution is -0.135. The van der Waals surface area contributed by atoms with Crippen LogP contribution in [0.25, 0.3) is 0 Å². The number of halogens is 1. The van der Waals surface area contributed by atoms with E-state index in [2.05, 4.69) is 16.8 Å². The lowest BCUT2D eigenvalue weighted by atomic mass is 10.0. The summed E-state index contributed by atoms with van der Waals surface area (Å²) >= 11 is 7.68. The van der Waals surface area contributed by atoms with Crippen molar-refractivity contribution < 1.29 is 19.1 Å². The molecule has 9 heteroatoms. The molecular formula is C24H32ClN3O4S. The minimum Gasteiger partial charge on any atom is -0.491 e. The molecule has 1 aromatic heterocycles. The zero-order valence-electron chi connectivity index (χ0n) is 19.4. The number of thiophene rings is 1. The zero-order valence-corrected chi connectivity index (χ0v) is 21.0. The molecule has 0 bridgehead atoms. The maximum absolute atomic E-state index is 13.4. The van der Waals surface area contributed by atoms with Crippen molar-refractivity contribution in [1.82, 2.24) is 15.1 Å². The van der Waals surface area contributed by atoms with Crippen LogP contribution in [-0.4, -0.2) is 67.7 Å². The second kappa shape index (κ2) is 12.3. The lowest BCUT2D eigenvalue weighted by Crippen LogP contribution is -2.51. The number of carbonyl (C=O) groups is 2. The average molecular weight is 494 g/mol. The molecule has 7 nitrogen and oxygen atoms in total. The van der Waals surface area contributed by atoms with E-state index in [1.54, 1.807) is 35.5 Å². The Morgan fingerprint density at radius 1 is 1.27 bits per heavy atom. The van der Waals surface area contributed by atoms with Crippen LogP contribution in [0.5, 0.6) is 5.75 Å². The number of rotatable bonds is 10. The fourth-order valence-electron chi connectivity index (χ4n) is 3.83. The standard InChI is InChI=1S/C24H32ClN3O4S/c1-17(2)26-24(30)27(11-4-13-31-3)15-23(29)28-12-9-22-20(10-14-33-22)21(28)16-32-19-7-5-18(25)6-8-19/h5-8,10,14,17,21H,4,9,11-13,15-16H2,1-3H3,(H,26,30)/t21-/m1/s1. The van der Waals surface area contributed by atoms with E-state index < -0.39 is 0 Å². The minimum atomic E-state index is -0.239. The third-order valence-corrected chi connectivity index (χ3v) is 6.69. The van der Waals surface area contributed by atoms with Gasteiger partial charge in [0.2, 0.25) is 5.91 Å². The number of amides is 3. The lowest BCUT2D eigenvalue weighted by Gasteiger charge is -2.37. The number of methoxy groups -OCH3 is 1. The topological polar surface area (TPSA) is 71.1 Å². The van der Waals surface area contributed by atoms with Gasteiger partial charge in [0.25, 0.3) is 0 Å². The predicted molar refractivity (Wildman–Crippen MR) is 131 cm³/mol. The van der Waals surface area contributed by atoms with Crippen LogP contribution in [0.4, 0.5) is 4.79 Å². The first-order chi connectivity index (χ1) is 15.9.